The van der Waals surface area contributed by atoms with Crippen molar-refractivity contribution in [2.45, 2.75) is 70.3 Å². The van der Waals surface area contributed by atoms with Crippen LogP contribution in [0.3, 0.4) is 0 Å². The molecule has 1 aliphatic heterocycles. The van der Waals surface area contributed by atoms with Gasteiger partial charge in [-0.25, -0.2) is 0 Å². The van der Waals surface area contributed by atoms with E-state index >= 15 is 0 Å². The summed E-state index contributed by atoms with van der Waals surface area (Å²) in [7, 11) is 0. The summed E-state index contributed by atoms with van der Waals surface area (Å²) in [5, 5.41) is 11.7. The Balaban J connectivity index is 1.54. The zero-order valence-corrected chi connectivity index (χ0v) is 18.9. The lowest BCUT2D eigenvalue weighted by Crippen LogP contribution is -2.51. The molecule has 1 N–H and O–H groups in total. The van der Waals surface area contributed by atoms with E-state index in [0.717, 1.165) is 50.0 Å². The first kappa shape index (κ1) is 20.1. The number of fused-ring (bicyclic) bond motifs is 5. The normalized spacial score (nSPS) is 37.2. The molecule has 0 spiro atoms. The van der Waals surface area contributed by atoms with Crippen molar-refractivity contribution in [2.24, 2.45) is 17.3 Å². The van der Waals surface area contributed by atoms with Gasteiger partial charge in [-0.15, -0.1) is 5.92 Å². The van der Waals surface area contributed by atoms with Gasteiger partial charge in [0, 0.05) is 17.8 Å². The van der Waals surface area contributed by atoms with Crippen LogP contribution in [0.15, 0.2) is 41.0 Å². The number of benzene rings is 1. The van der Waals surface area contributed by atoms with Crippen LogP contribution in [-0.2, 0) is 4.79 Å². The Kier molecular flexibility index (Phi) is 4.40. The summed E-state index contributed by atoms with van der Waals surface area (Å²) < 4.78 is 11.3. The maximum atomic E-state index is 12.2. The Morgan fingerprint density at radius 2 is 1.97 bits per heavy atom. The smallest absolute Gasteiger partial charge is 0.231 e. The molecule has 0 aromatic heterocycles. The van der Waals surface area contributed by atoms with Crippen LogP contribution in [0.2, 0.25) is 0 Å². The molecule has 6 rings (SSSR count). The monoisotopic (exact) mass is 430 g/mol. The minimum Gasteiger partial charge on any atom is -0.454 e. The van der Waals surface area contributed by atoms with Crippen LogP contribution in [0.25, 0.3) is 0 Å². The first-order chi connectivity index (χ1) is 15.4. The van der Waals surface area contributed by atoms with Crippen molar-refractivity contribution in [3.05, 3.63) is 46.6 Å². The highest BCUT2D eigenvalue weighted by atomic mass is 16.7. The number of aliphatic hydroxyl groups is 1. The van der Waals surface area contributed by atoms with E-state index in [1.807, 2.05) is 19.1 Å². The molecule has 4 heteroatoms. The molecule has 0 saturated heterocycles. The molecule has 0 amide bonds. The summed E-state index contributed by atoms with van der Waals surface area (Å²) in [6.07, 6.45) is 7.98. The van der Waals surface area contributed by atoms with Crippen molar-refractivity contribution in [1.82, 2.24) is 0 Å². The van der Waals surface area contributed by atoms with Crippen molar-refractivity contribution in [3.63, 3.8) is 0 Å². The summed E-state index contributed by atoms with van der Waals surface area (Å²) in [5.74, 6) is 9.14. The Bertz CT molecular complexity index is 1130. The molecule has 2 saturated carbocycles. The molecule has 4 nitrogen and oxygen atoms in total. The van der Waals surface area contributed by atoms with Gasteiger partial charge in [0.15, 0.2) is 17.3 Å². The standard InChI is InChI=1S/C28H30O4/c1-3-11-28(30)12-10-23-21-7-4-17-13-19(29)6-8-20(17)26(21)22(15-27(23,28)2)18-5-9-24-25(14-18)32-16-31-24/h5,9,13-14,21-23,30H,4,6-8,10,12,15-16H2,1-2H3/t21-,22?,23-,27-,28-/m0/s1. The van der Waals surface area contributed by atoms with Crippen LogP contribution in [0.5, 0.6) is 11.5 Å². The third-order valence-electron chi connectivity index (χ3n) is 9.02. The molecule has 4 aliphatic carbocycles. The quantitative estimate of drug-likeness (QED) is 0.632. The summed E-state index contributed by atoms with van der Waals surface area (Å²) in [5.41, 5.74) is 4.20. The average molecular weight is 431 g/mol. The number of rotatable bonds is 1. The van der Waals surface area contributed by atoms with E-state index in [9.17, 15) is 9.90 Å². The highest BCUT2D eigenvalue weighted by molar-refractivity contribution is 5.93. The zero-order chi connectivity index (χ0) is 22.1. The predicted octanol–water partition coefficient (Wildman–Crippen LogP) is 5.07. The van der Waals surface area contributed by atoms with Crippen LogP contribution in [0.4, 0.5) is 0 Å². The molecule has 32 heavy (non-hydrogen) atoms. The average Bonchev–Trinajstić information content (AvgIpc) is 3.35. The van der Waals surface area contributed by atoms with Crippen LogP contribution in [0.1, 0.15) is 70.3 Å². The number of ether oxygens (including phenoxy) is 2. The van der Waals surface area contributed by atoms with E-state index < -0.39 is 5.60 Å². The topological polar surface area (TPSA) is 55.8 Å². The molecule has 1 heterocycles. The highest BCUT2D eigenvalue weighted by Gasteiger charge is 2.62. The highest BCUT2D eigenvalue weighted by Crippen LogP contribution is 2.66. The van der Waals surface area contributed by atoms with Gasteiger partial charge in [0.25, 0.3) is 0 Å². The lowest BCUT2D eigenvalue weighted by Gasteiger charge is -2.53. The van der Waals surface area contributed by atoms with Gasteiger partial charge in [-0.05, 0) is 92.2 Å². The summed E-state index contributed by atoms with van der Waals surface area (Å²) in [4.78, 5) is 12.2. The molecule has 0 bridgehead atoms. The fourth-order valence-electron chi connectivity index (χ4n) is 7.51. The molecule has 166 valence electrons. The van der Waals surface area contributed by atoms with E-state index in [-0.39, 0.29) is 23.9 Å². The summed E-state index contributed by atoms with van der Waals surface area (Å²) >= 11 is 0. The lowest BCUT2D eigenvalue weighted by molar-refractivity contribution is -0.114. The molecule has 1 unspecified atom stereocenters. The molecule has 1 aromatic rings. The molecule has 1 aromatic carbocycles. The third kappa shape index (κ3) is 2.70. The van der Waals surface area contributed by atoms with E-state index in [4.69, 9.17) is 9.47 Å². The number of carbonyl (C=O) groups is 1. The van der Waals surface area contributed by atoms with Crippen LogP contribution >= 0.6 is 0 Å². The van der Waals surface area contributed by atoms with E-state index in [1.54, 1.807) is 0 Å². The van der Waals surface area contributed by atoms with Gasteiger partial charge in [0.1, 0.15) is 5.60 Å². The SMILES string of the molecule is CC#C[C@]1(O)CC[C@H]2[C@@H]3CCC4=CC(=O)CCC4=C3C(c3ccc4c(c3)OCO4)C[C@@]21C. The van der Waals surface area contributed by atoms with Crippen molar-refractivity contribution >= 4 is 5.78 Å². The van der Waals surface area contributed by atoms with E-state index in [0.29, 0.717) is 18.3 Å². The van der Waals surface area contributed by atoms with E-state index in [2.05, 4.69) is 30.9 Å². The number of allylic oxidation sites excluding steroid dienone is 4. The second kappa shape index (κ2) is 6.99. The predicted molar refractivity (Wildman–Crippen MR) is 121 cm³/mol. The van der Waals surface area contributed by atoms with Gasteiger partial charge < -0.3 is 14.6 Å². The summed E-state index contributed by atoms with van der Waals surface area (Å²) in [6.45, 7) is 4.36. The third-order valence-corrected chi connectivity index (χ3v) is 9.02. The Labute approximate surface area is 189 Å². The van der Waals surface area contributed by atoms with Crippen molar-refractivity contribution in [3.8, 4) is 23.3 Å². The van der Waals surface area contributed by atoms with Gasteiger partial charge in [-0.1, -0.05) is 24.5 Å². The number of hydrogen-bond donors (Lipinski definition) is 1. The first-order valence-corrected chi connectivity index (χ1v) is 12.0. The van der Waals surface area contributed by atoms with Gasteiger partial charge in [0.05, 0.1) is 0 Å². The molecular formula is C28H30O4. The molecular weight excluding hydrogens is 400 g/mol. The largest absolute Gasteiger partial charge is 0.454 e. The summed E-state index contributed by atoms with van der Waals surface area (Å²) in [6, 6.07) is 6.31. The minimum atomic E-state index is -0.949. The van der Waals surface area contributed by atoms with Gasteiger partial charge in [-0.2, -0.15) is 0 Å². The van der Waals surface area contributed by atoms with Crippen molar-refractivity contribution in [1.29, 1.82) is 0 Å². The second-order valence-electron chi connectivity index (χ2n) is 10.4. The van der Waals surface area contributed by atoms with Gasteiger partial charge >= 0.3 is 0 Å². The minimum absolute atomic E-state index is 0.186. The van der Waals surface area contributed by atoms with Crippen LogP contribution in [-0.4, -0.2) is 23.3 Å². The molecule has 5 atom stereocenters. The van der Waals surface area contributed by atoms with E-state index in [1.165, 1.54) is 22.3 Å². The maximum Gasteiger partial charge on any atom is 0.231 e. The molecule has 2 fully saturated rings. The van der Waals surface area contributed by atoms with Gasteiger partial charge in [-0.3, -0.25) is 4.79 Å². The van der Waals surface area contributed by atoms with Gasteiger partial charge in [0.2, 0.25) is 6.79 Å². The van der Waals surface area contributed by atoms with Crippen molar-refractivity contribution in [2.75, 3.05) is 6.79 Å². The lowest BCUT2D eigenvalue weighted by atomic mass is 9.51. The maximum absolute atomic E-state index is 12.2. The number of carbonyl (C=O) groups excluding carboxylic acids is 1. The molecule has 0 radical (unpaired) electrons. The fourth-order valence-corrected chi connectivity index (χ4v) is 7.51. The first-order valence-electron chi connectivity index (χ1n) is 12.0. The van der Waals surface area contributed by atoms with Crippen LogP contribution < -0.4 is 9.47 Å². The zero-order valence-electron chi connectivity index (χ0n) is 18.9. The Morgan fingerprint density at radius 1 is 1.12 bits per heavy atom. The Hall–Kier alpha value is -2.51. The molecule has 5 aliphatic rings. The fraction of sp³-hybridized carbons (Fsp3) is 0.536. The second-order valence-corrected chi connectivity index (χ2v) is 10.4. The van der Waals surface area contributed by atoms with Crippen molar-refractivity contribution < 1.29 is 19.4 Å². The Morgan fingerprint density at radius 3 is 2.81 bits per heavy atom. The number of ketones is 1. The van der Waals surface area contributed by atoms with Crippen LogP contribution in [0, 0.1) is 29.1 Å². The number of hydrogen-bond acceptors (Lipinski definition) is 4.